The molecule has 0 radical (unpaired) electrons. The molecule has 0 N–H and O–H groups in total. The van der Waals surface area contributed by atoms with Gasteiger partial charge in [-0.1, -0.05) is 23.7 Å². The molecule has 2 unspecified atom stereocenters. The molecule has 2 aromatic rings. The van der Waals surface area contributed by atoms with Crippen LogP contribution in [0, 0.1) is 11.8 Å². The average Bonchev–Trinajstić information content (AvgIpc) is 3.65. The van der Waals surface area contributed by atoms with E-state index < -0.39 is 23.7 Å². The van der Waals surface area contributed by atoms with Crippen molar-refractivity contribution in [2.45, 2.75) is 43.8 Å². The summed E-state index contributed by atoms with van der Waals surface area (Å²) in [4.78, 5) is 33.0. The summed E-state index contributed by atoms with van der Waals surface area (Å²) in [6, 6.07) is 10.3. The molecule has 2 atom stereocenters. The molecule has 2 aliphatic heterocycles. The van der Waals surface area contributed by atoms with E-state index in [1.54, 1.807) is 19.2 Å². The Kier molecular flexibility index (Phi) is 8.34. The molecule has 40 heavy (non-hydrogen) atoms. The first-order valence-corrected chi connectivity index (χ1v) is 14.2. The number of ether oxygens (including phenoxy) is 1. The van der Waals surface area contributed by atoms with Crippen LogP contribution in [-0.2, 0) is 11.0 Å². The second kappa shape index (κ2) is 11.6. The summed E-state index contributed by atoms with van der Waals surface area (Å²) in [5, 5.41) is 0.575. The molecular weight excluding hydrogens is 543 g/mol. The van der Waals surface area contributed by atoms with Gasteiger partial charge in [0.25, 0.3) is 5.91 Å². The van der Waals surface area contributed by atoms with Crippen LogP contribution in [0.15, 0.2) is 42.5 Å². The molecular formula is C30H35ClF3N3O3. The highest BCUT2D eigenvalue weighted by Gasteiger charge is 2.43. The van der Waals surface area contributed by atoms with Crippen molar-refractivity contribution in [3.8, 4) is 5.75 Å². The maximum Gasteiger partial charge on any atom is 0.419 e. The van der Waals surface area contributed by atoms with Gasteiger partial charge < -0.3 is 19.4 Å². The first-order chi connectivity index (χ1) is 19.0. The SMILES string of the molecule is COc1ccc(C(=O)N(C)C2CN(C(=O)C3CCN(CC4CC4)CC3)CC2c2ccc(Cl)cc2)cc1C(F)(F)F. The minimum atomic E-state index is -4.67. The van der Waals surface area contributed by atoms with Gasteiger partial charge in [0.15, 0.2) is 0 Å². The van der Waals surface area contributed by atoms with Crippen molar-refractivity contribution in [1.29, 1.82) is 0 Å². The molecule has 2 amide bonds. The lowest BCUT2D eigenvalue weighted by Crippen LogP contribution is -2.44. The van der Waals surface area contributed by atoms with Crippen molar-refractivity contribution < 1.29 is 27.5 Å². The van der Waals surface area contributed by atoms with Crippen molar-refractivity contribution in [2.24, 2.45) is 11.8 Å². The second-order valence-corrected chi connectivity index (χ2v) is 11.8. The van der Waals surface area contributed by atoms with E-state index in [2.05, 4.69) is 4.90 Å². The molecule has 6 nitrogen and oxygen atoms in total. The molecule has 2 aromatic carbocycles. The zero-order valence-electron chi connectivity index (χ0n) is 22.8. The lowest BCUT2D eigenvalue weighted by Gasteiger charge is -2.33. The fraction of sp³-hybridized carbons (Fsp3) is 0.533. The number of likely N-dealkylation sites (N-methyl/N-ethyl adjacent to an activating group) is 1. The summed E-state index contributed by atoms with van der Waals surface area (Å²) in [6.45, 7) is 3.71. The van der Waals surface area contributed by atoms with Crippen LogP contribution in [0.3, 0.4) is 0 Å². The zero-order chi connectivity index (χ0) is 28.6. The van der Waals surface area contributed by atoms with E-state index in [1.807, 2.05) is 17.0 Å². The van der Waals surface area contributed by atoms with E-state index in [0.29, 0.717) is 18.1 Å². The van der Waals surface area contributed by atoms with Crippen molar-refractivity contribution in [2.75, 3.05) is 46.9 Å². The minimum Gasteiger partial charge on any atom is -0.496 e. The summed E-state index contributed by atoms with van der Waals surface area (Å²) in [6.07, 6.45) is -0.421. The molecule has 5 rings (SSSR count). The van der Waals surface area contributed by atoms with Crippen molar-refractivity contribution in [1.82, 2.24) is 14.7 Å². The number of methoxy groups -OCH3 is 1. The molecule has 10 heteroatoms. The Morgan fingerprint density at radius 3 is 2.30 bits per heavy atom. The topological polar surface area (TPSA) is 53.1 Å². The number of carbonyl (C=O) groups excluding carboxylic acids is 2. The number of likely N-dealkylation sites (tertiary alicyclic amines) is 2. The van der Waals surface area contributed by atoms with Gasteiger partial charge >= 0.3 is 6.18 Å². The summed E-state index contributed by atoms with van der Waals surface area (Å²) >= 11 is 6.12. The Hall–Kier alpha value is -2.78. The normalized spacial score (nSPS) is 22.4. The molecule has 2 saturated heterocycles. The number of amides is 2. The van der Waals surface area contributed by atoms with Crippen LogP contribution >= 0.6 is 11.6 Å². The highest BCUT2D eigenvalue weighted by molar-refractivity contribution is 6.30. The van der Waals surface area contributed by atoms with Gasteiger partial charge in [0.1, 0.15) is 5.75 Å². The summed E-state index contributed by atoms with van der Waals surface area (Å²) < 4.78 is 45.8. The second-order valence-electron chi connectivity index (χ2n) is 11.3. The average molecular weight is 578 g/mol. The third-order valence-corrected chi connectivity index (χ3v) is 8.87. The highest BCUT2D eigenvalue weighted by atomic mass is 35.5. The van der Waals surface area contributed by atoms with E-state index in [1.165, 1.54) is 29.9 Å². The monoisotopic (exact) mass is 577 g/mol. The number of nitrogens with zero attached hydrogens (tertiary/aromatic N) is 3. The Labute approximate surface area is 238 Å². The molecule has 0 bridgehead atoms. The van der Waals surface area contributed by atoms with Crippen LogP contribution in [0.1, 0.15) is 53.1 Å². The van der Waals surface area contributed by atoms with Gasteiger partial charge in [-0.2, -0.15) is 13.2 Å². The van der Waals surface area contributed by atoms with E-state index in [4.69, 9.17) is 16.3 Å². The molecule has 1 aliphatic carbocycles. The number of alkyl halides is 3. The number of halogens is 4. The zero-order valence-corrected chi connectivity index (χ0v) is 23.5. The van der Waals surface area contributed by atoms with Crippen LogP contribution < -0.4 is 4.74 Å². The maximum absolute atomic E-state index is 13.7. The Morgan fingerprint density at radius 2 is 1.70 bits per heavy atom. The lowest BCUT2D eigenvalue weighted by molar-refractivity contribution is -0.139. The maximum atomic E-state index is 13.7. The molecule has 216 valence electrons. The predicted molar refractivity (Wildman–Crippen MR) is 147 cm³/mol. The first kappa shape index (κ1) is 28.7. The summed E-state index contributed by atoms with van der Waals surface area (Å²) in [7, 11) is 2.76. The van der Waals surface area contributed by atoms with Gasteiger partial charge in [0.2, 0.25) is 5.91 Å². The molecule has 0 aromatic heterocycles. The van der Waals surface area contributed by atoms with Gasteiger partial charge in [-0.15, -0.1) is 0 Å². The number of piperidine rings is 1. The minimum absolute atomic E-state index is 0.0583. The standard InChI is InChI=1S/C30H35ClF3N3O3/c1-35(28(38)22-7-10-27(40-2)25(15-22)30(32,33)34)26-18-37(17-24(26)20-5-8-23(31)9-6-20)29(39)21-11-13-36(14-12-21)16-19-3-4-19/h5-10,15,19,21,24,26H,3-4,11-14,16-18H2,1-2H3. The van der Waals surface area contributed by atoms with Crippen molar-refractivity contribution in [3.63, 3.8) is 0 Å². The van der Waals surface area contributed by atoms with E-state index >= 15 is 0 Å². The number of carbonyl (C=O) groups is 2. The third-order valence-electron chi connectivity index (χ3n) is 8.62. The molecule has 3 aliphatic rings. The Bertz CT molecular complexity index is 1230. The van der Waals surface area contributed by atoms with Gasteiger partial charge in [-0.05, 0) is 80.6 Å². The quantitative estimate of drug-likeness (QED) is 0.433. The van der Waals surface area contributed by atoms with Crippen LogP contribution in [-0.4, -0.2) is 79.4 Å². The van der Waals surface area contributed by atoms with Crippen LogP contribution in [0.4, 0.5) is 13.2 Å². The van der Waals surface area contributed by atoms with Gasteiger partial charge in [-0.3, -0.25) is 9.59 Å². The largest absolute Gasteiger partial charge is 0.496 e. The highest BCUT2D eigenvalue weighted by Crippen LogP contribution is 2.38. The fourth-order valence-electron chi connectivity index (χ4n) is 6.10. The van der Waals surface area contributed by atoms with Crippen molar-refractivity contribution in [3.05, 3.63) is 64.2 Å². The van der Waals surface area contributed by atoms with Crippen molar-refractivity contribution >= 4 is 23.4 Å². The number of hydrogen-bond acceptors (Lipinski definition) is 4. The number of benzene rings is 2. The van der Waals surface area contributed by atoms with Gasteiger partial charge in [0, 0.05) is 49.1 Å². The fourth-order valence-corrected chi connectivity index (χ4v) is 6.23. The van der Waals surface area contributed by atoms with E-state index in [9.17, 15) is 22.8 Å². The lowest BCUT2D eigenvalue weighted by atomic mass is 9.93. The summed E-state index contributed by atoms with van der Waals surface area (Å²) in [5.41, 5.74) is -0.160. The Balaban J connectivity index is 1.35. The molecule has 0 spiro atoms. The van der Waals surface area contributed by atoms with E-state index in [-0.39, 0.29) is 29.1 Å². The van der Waals surface area contributed by atoms with Crippen LogP contribution in [0.2, 0.25) is 5.02 Å². The van der Waals surface area contributed by atoms with Gasteiger partial charge in [-0.25, -0.2) is 0 Å². The van der Waals surface area contributed by atoms with E-state index in [0.717, 1.165) is 57.1 Å². The third kappa shape index (κ3) is 6.25. The predicted octanol–water partition coefficient (Wildman–Crippen LogP) is 5.56. The van der Waals surface area contributed by atoms with Crippen LogP contribution in [0.25, 0.3) is 0 Å². The Morgan fingerprint density at radius 1 is 1.02 bits per heavy atom. The molecule has 1 saturated carbocycles. The number of rotatable bonds is 7. The van der Waals surface area contributed by atoms with Gasteiger partial charge in [0.05, 0.1) is 18.7 Å². The van der Waals surface area contributed by atoms with Crippen LogP contribution in [0.5, 0.6) is 5.75 Å². The first-order valence-electron chi connectivity index (χ1n) is 13.8. The number of hydrogen-bond donors (Lipinski definition) is 0. The summed E-state index contributed by atoms with van der Waals surface area (Å²) in [5.74, 6) is -0.233. The molecule has 2 heterocycles. The molecule has 3 fully saturated rings. The smallest absolute Gasteiger partial charge is 0.419 e.